The van der Waals surface area contributed by atoms with Gasteiger partial charge in [0.2, 0.25) is 0 Å². The maximum atomic E-state index is 13.6. The predicted molar refractivity (Wildman–Crippen MR) is 76.3 cm³/mol. The minimum atomic E-state index is -0.495. The van der Waals surface area contributed by atoms with Gasteiger partial charge in [0.05, 0.1) is 16.2 Å². The summed E-state index contributed by atoms with van der Waals surface area (Å²) in [5.74, 6) is -0.0390. The average molecular weight is 335 g/mol. The highest BCUT2D eigenvalue weighted by atomic mass is 79.9. The van der Waals surface area contributed by atoms with Crippen LogP contribution in [0.15, 0.2) is 21.6 Å². The van der Waals surface area contributed by atoms with E-state index in [4.69, 9.17) is 0 Å². The Morgan fingerprint density at radius 2 is 2.22 bits per heavy atom. The lowest BCUT2D eigenvalue weighted by molar-refractivity contribution is 0.598. The average Bonchev–Trinajstić information content (AvgIpc) is 2.36. The smallest absolute Gasteiger partial charge is 0.161 e. The minimum Gasteiger partial charge on any atom is -0.332 e. The van der Waals surface area contributed by atoms with Gasteiger partial charge in [-0.3, -0.25) is 4.99 Å². The van der Waals surface area contributed by atoms with Crippen LogP contribution in [0.2, 0.25) is 0 Å². The highest BCUT2D eigenvalue weighted by molar-refractivity contribution is 9.10. The molecule has 1 aromatic carbocycles. The molecule has 0 spiro atoms. The highest BCUT2D eigenvalue weighted by Crippen LogP contribution is 2.26. The van der Waals surface area contributed by atoms with Crippen LogP contribution in [-0.2, 0) is 0 Å². The number of halogens is 3. The molecular formula is C12H13BrF2N2S. The summed E-state index contributed by atoms with van der Waals surface area (Å²) < 4.78 is 27.1. The van der Waals surface area contributed by atoms with Crippen molar-refractivity contribution in [1.82, 2.24) is 0 Å². The van der Waals surface area contributed by atoms with Gasteiger partial charge in [-0.15, -0.1) is 0 Å². The van der Waals surface area contributed by atoms with E-state index in [9.17, 15) is 8.78 Å². The van der Waals surface area contributed by atoms with E-state index < -0.39 is 11.6 Å². The van der Waals surface area contributed by atoms with E-state index in [0.717, 1.165) is 30.7 Å². The van der Waals surface area contributed by atoms with Crippen molar-refractivity contribution in [3.05, 3.63) is 28.2 Å². The van der Waals surface area contributed by atoms with Crippen molar-refractivity contribution in [1.29, 1.82) is 0 Å². The lowest BCUT2D eigenvalue weighted by Gasteiger charge is -2.19. The summed E-state index contributed by atoms with van der Waals surface area (Å²) in [4.78, 5) is 4.46. The van der Waals surface area contributed by atoms with Crippen LogP contribution >= 0.6 is 27.7 Å². The number of nitrogens with one attached hydrogen (secondary N) is 1. The van der Waals surface area contributed by atoms with Gasteiger partial charge in [-0.25, -0.2) is 8.78 Å². The minimum absolute atomic E-state index is 0.121. The molecule has 0 aromatic heterocycles. The number of aliphatic imine (C=N–C) groups is 1. The quantitative estimate of drug-likeness (QED) is 0.810. The summed E-state index contributed by atoms with van der Waals surface area (Å²) in [5, 5.41) is 3.52. The molecule has 1 atom stereocenters. The van der Waals surface area contributed by atoms with Gasteiger partial charge < -0.3 is 5.32 Å². The summed E-state index contributed by atoms with van der Waals surface area (Å²) in [6, 6.07) is 2.53. The first-order chi connectivity index (χ1) is 8.60. The summed E-state index contributed by atoms with van der Waals surface area (Å²) >= 11 is 4.48. The second-order valence-corrected chi connectivity index (χ2v) is 5.94. The van der Waals surface area contributed by atoms with Crippen LogP contribution in [0, 0.1) is 11.6 Å². The van der Waals surface area contributed by atoms with E-state index >= 15 is 0 Å². The fourth-order valence-corrected chi connectivity index (χ4v) is 2.96. The van der Waals surface area contributed by atoms with E-state index in [0.29, 0.717) is 5.17 Å². The number of thioether (sulfide) groups is 1. The topological polar surface area (TPSA) is 24.4 Å². The zero-order valence-corrected chi connectivity index (χ0v) is 12.2. The van der Waals surface area contributed by atoms with Crippen LogP contribution in [0.5, 0.6) is 0 Å². The van der Waals surface area contributed by atoms with Crippen LogP contribution in [0.4, 0.5) is 14.5 Å². The van der Waals surface area contributed by atoms with Crippen molar-refractivity contribution >= 4 is 38.5 Å². The molecule has 0 saturated heterocycles. The number of hydrogen-bond acceptors (Lipinski definition) is 3. The van der Waals surface area contributed by atoms with E-state index in [1.54, 1.807) is 0 Å². The van der Waals surface area contributed by atoms with Crippen molar-refractivity contribution in [3.63, 3.8) is 0 Å². The Labute approximate surface area is 117 Å². The molecule has 0 amide bonds. The Morgan fingerprint density at radius 3 is 2.94 bits per heavy atom. The van der Waals surface area contributed by atoms with E-state index in [2.05, 4.69) is 33.2 Å². The third-order valence-electron chi connectivity index (χ3n) is 2.71. The highest BCUT2D eigenvalue weighted by Gasteiger charge is 2.16. The monoisotopic (exact) mass is 334 g/mol. The maximum absolute atomic E-state index is 13.6. The number of hydrogen-bond donors (Lipinski definition) is 1. The SMILES string of the molecule is CCC1CCSC(Nc2cc(F)c(Br)cc2F)=N1. The summed E-state index contributed by atoms with van der Waals surface area (Å²) in [6.07, 6.45) is 1.99. The molecule has 1 unspecified atom stereocenters. The molecule has 1 heterocycles. The van der Waals surface area contributed by atoms with E-state index in [1.807, 2.05) is 0 Å². The molecule has 1 aliphatic rings. The molecule has 0 aliphatic carbocycles. The van der Waals surface area contributed by atoms with Gasteiger partial charge in [-0.1, -0.05) is 18.7 Å². The van der Waals surface area contributed by atoms with Crippen molar-refractivity contribution < 1.29 is 8.78 Å². The third kappa shape index (κ3) is 3.23. The molecule has 18 heavy (non-hydrogen) atoms. The molecule has 1 N–H and O–H groups in total. The van der Waals surface area contributed by atoms with Gasteiger partial charge >= 0.3 is 0 Å². The molecule has 1 aromatic rings. The van der Waals surface area contributed by atoms with Crippen molar-refractivity contribution in [3.8, 4) is 0 Å². The van der Waals surface area contributed by atoms with Gasteiger partial charge in [0, 0.05) is 11.8 Å². The van der Waals surface area contributed by atoms with E-state index in [-0.39, 0.29) is 16.2 Å². The van der Waals surface area contributed by atoms with Gasteiger partial charge in [-0.05, 0) is 34.8 Å². The largest absolute Gasteiger partial charge is 0.332 e. The van der Waals surface area contributed by atoms with Gasteiger partial charge in [0.15, 0.2) is 5.17 Å². The second-order valence-electron chi connectivity index (χ2n) is 4.00. The lowest BCUT2D eigenvalue weighted by Crippen LogP contribution is -2.20. The molecule has 6 heteroatoms. The molecule has 0 saturated carbocycles. The third-order valence-corrected chi connectivity index (χ3v) is 4.24. The van der Waals surface area contributed by atoms with Crippen LogP contribution in [-0.4, -0.2) is 17.0 Å². The first kappa shape index (κ1) is 13.8. The number of amidine groups is 1. The Bertz CT molecular complexity index is 479. The molecule has 98 valence electrons. The van der Waals surface area contributed by atoms with Crippen LogP contribution in [0.1, 0.15) is 19.8 Å². The van der Waals surface area contributed by atoms with Gasteiger partial charge in [-0.2, -0.15) is 0 Å². The standard InChI is InChI=1S/C12H13BrF2N2S/c1-2-7-3-4-18-12(16-7)17-11-6-9(14)8(13)5-10(11)15/h5-7H,2-4H2,1H3,(H,16,17). The number of nitrogens with zero attached hydrogens (tertiary/aromatic N) is 1. The van der Waals surface area contributed by atoms with Crippen LogP contribution in [0.3, 0.4) is 0 Å². The molecular weight excluding hydrogens is 322 g/mol. The van der Waals surface area contributed by atoms with Crippen LogP contribution < -0.4 is 5.32 Å². The normalized spacial score (nSPS) is 19.6. The number of anilines is 1. The molecule has 0 radical (unpaired) electrons. The summed E-state index contributed by atoms with van der Waals surface area (Å²) in [5.41, 5.74) is 0.124. The Balaban J connectivity index is 2.19. The maximum Gasteiger partial charge on any atom is 0.161 e. The number of rotatable bonds is 2. The van der Waals surface area contributed by atoms with Gasteiger partial charge in [0.25, 0.3) is 0 Å². The van der Waals surface area contributed by atoms with Crippen molar-refractivity contribution in [2.75, 3.05) is 11.1 Å². The fourth-order valence-electron chi connectivity index (χ4n) is 1.66. The van der Waals surface area contributed by atoms with Crippen molar-refractivity contribution in [2.24, 2.45) is 4.99 Å². The molecule has 1 aliphatic heterocycles. The zero-order chi connectivity index (χ0) is 13.1. The van der Waals surface area contributed by atoms with Gasteiger partial charge in [0.1, 0.15) is 11.6 Å². The first-order valence-electron chi connectivity index (χ1n) is 5.72. The summed E-state index contributed by atoms with van der Waals surface area (Å²) in [7, 11) is 0. The second kappa shape index (κ2) is 6.02. The molecule has 0 fully saturated rings. The van der Waals surface area contributed by atoms with Crippen molar-refractivity contribution in [2.45, 2.75) is 25.8 Å². The Hall–Kier alpha value is -0.620. The fraction of sp³-hybridized carbons (Fsp3) is 0.417. The first-order valence-corrected chi connectivity index (χ1v) is 7.50. The molecule has 2 rings (SSSR count). The Kier molecular flexibility index (Phi) is 4.61. The van der Waals surface area contributed by atoms with E-state index in [1.165, 1.54) is 11.8 Å². The predicted octanol–water partition coefficient (Wildman–Crippen LogP) is 4.41. The van der Waals surface area contributed by atoms with Crippen LogP contribution in [0.25, 0.3) is 0 Å². The molecule has 2 nitrogen and oxygen atoms in total. The zero-order valence-electron chi connectivity index (χ0n) is 9.84. The Morgan fingerprint density at radius 1 is 1.44 bits per heavy atom. The molecule has 0 bridgehead atoms. The number of benzene rings is 1. The lowest BCUT2D eigenvalue weighted by atomic mass is 10.2. The summed E-state index contributed by atoms with van der Waals surface area (Å²) in [6.45, 7) is 2.07.